The van der Waals surface area contributed by atoms with E-state index >= 15 is 0 Å². The maximum atomic E-state index is 8.76. The molecule has 0 radical (unpaired) electrons. The second-order valence-corrected chi connectivity index (χ2v) is 5.59. The van der Waals surface area contributed by atoms with E-state index in [1.54, 1.807) is 0 Å². The lowest BCUT2D eigenvalue weighted by atomic mass is 10.1. The van der Waals surface area contributed by atoms with Crippen LogP contribution in [0.4, 0.5) is 0 Å². The van der Waals surface area contributed by atoms with Gasteiger partial charge in [-0.1, -0.05) is 0 Å². The van der Waals surface area contributed by atoms with Gasteiger partial charge in [0, 0.05) is 30.7 Å². The van der Waals surface area contributed by atoms with E-state index in [9.17, 15) is 0 Å². The van der Waals surface area contributed by atoms with Crippen molar-refractivity contribution in [1.82, 2.24) is 5.32 Å². The van der Waals surface area contributed by atoms with Gasteiger partial charge in [-0.2, -0.15) is 0 Å². The highest BCUT2D eigenvalue weighted by Crippen LogP contribution is 2.35. The molecule has 0 spiro atoms. The zero-order valence-electron chi connectivity index (χ0n) is 13.2. The molecule has 1 aromatic carbocycles. The Morgan fingerprint density at radius 2 is 2.19 bits per heavy atom. The molecule has 1 aliphatic heterocycles. The molecule has 0 fully saturated rings. The van der Waals surface area contributed by atoms with Crippen molar-refractivity contribution in [2.75, 3.05) is 19.8 Å². The minimum Gasteiger partial charge on any atom is -0.494 e. The number of aliphatic hydroxyl groups excluding tert-OH is 1. The topological polar surface area (TPSA) is 50.7 Å². The van der Waals surface area contributed by atoms with Crippen molar-refractivity contribution in [3.63, 3.8) is 0 Å². The van der Waals surface area contributed by atoms with E-state index < -0.39 is 0 Å². The lowest BCUT2D eigenvalue weighted by molar-refractivity contribution is 0.254. The van der Waals surface area contributed by atoms with Gasteiger partial charge in [0.05, 0.1) is 6.61 Å². The summed E-state index contributed by atoms with van der Waals surface area (Å²) in [5.41, 5.74) is 2.41. The minimum absolute atomic E-state index is 0.260. The molecule has 0 saturated heterocycles. The summed E-state index contributed by atoms with van der Waals surface area (Å²) in [6, 6.07) is 4.25. The summed E-state index contributed by atoms with van der Waals surface area (Å²) in [6.45, 7) is 6.82. The SMILES string of the molecule is CCOc1cc2c(cc1CNCCCCCO)OC(C)C2. The van der Waals surface area contributed by atoms with Crippen molar-refractivity contribution in [3.8, 4) is 11.5 Å². The predicted octanol–water partition coefficient (Wildman–Crippen LogP) is 2.66. The van der Waals surface area contributed by atoms with E-state index in [1.807, 2.05) is 6.92 Å². The summed E-state index contributed by atoms with van der Waals surface area (Å²) >= 11 is 0. The van der Waals surface area contributed by atoms with Crippen LogP contribution in [-0.2, 0) is 13.0 Å². The number of hydrogen-bond donors (Lipinski definition) is 2. The highest BCUT2D eigenvalue weighted by atomic mass is 16.5. The molecule has 0 amide bonds. The van der Waals surface area contributed by atoms with Crippen molar-refractivity contribution in [2.45, 2.75) is 52.2 Å². The Morgan fingerprint density at radius 1 is 1.33 bits per heavy atom. The fourth-order valence-electron chi connectivity index (χ4n) is 2.67. The van der Waals surface area contributed by atoms with Gasteiger partial charge in [-0.05, 0) is 51.8 Å². The molecule has 0 aliphatic carbocycles. The molecule has 2 N–H and O–H groups in total. The molecule has 0 bridgehead atoms. The number of ether oxygens (including phenoxy) is 2. The average molecular weight is 293 g/mol. The first-order valence-corrected chi connectivity index (χ1v) is 8.01. The second kappa shape index (κ2) is 8.25. The summed E-state index contributed by atoms with van der Waals surface area (Å²) in [4.78, 5) is 0. The van der Waals surface area contributed by atoms with E-state index in [4.69, 9.17) is 14.6 Å². The van der Waals surface area contributed by atoms with Gasteiger partial charge in [0.15, 0.2) is 0 Å². The summed E-state index contributed by atoms with van der Waals surface area (Å²) in [5.74, 6) is 1.97. The number of fused-ring (bicyclic) bond motifs is 1. The molecule has 4 nitrogen and oxygen atoms in total. The first kappa shape index (κ1) is 16.1. The van der Waals surface area contributed by atoms with Crippen LogP contribution >= 0.6 is 0 Å². The Hall–Kier alpha value is -1.26. The highest BCUT2D eigenvalue weighted by Gasteiger charge is 2.21. The van der Waals surface area contributed by atoms with Gasteiger partial charge in [-0.15, -0.1) is 0 Å². The van der Waals surface area contributed by atoms with E-state index in [0.717, 1.165) is 55.8 Å². The fraction of sp³-hybridized carbons (Fsp3) is 0.647. The van der Waals surface area contributed by atoms with Crippen LogP contribution in [0.5, 0.6) is 11.5 Å². The van der Waals surface area contributed by atoms with Crippen LogP contribution in [-0.4, -0.2) is 31.0 Å². The van der Waals surface area contributed by atoms with Gasteiger partial charge in [0.25, 0.3) is 0 Å². The van der Waals surface area contributed by atoms with Gasteiger partial charge in [-0.3, -0.25) is 0 Å². The van der Waals surface area contributed by atoms with Crippen LogP contribution < -0.4 is 14.8 Å². The quantitative estimate of drug-likeness (QED) is 0.687. The molecule has 1 heterocycles. The van der Waals surface area contributed by atoms with Crippen LogP contribution in [0, 0.1) is 0 Å². The molecule has 1 unspecified atom stereocenters. The molecule has 1 atom stereocenters. The van der Waals surface area contributed by atoms with Crippen LogP contribution in [0.3, 0.4) is 0 Å². The summed E-state index contributed by atoms with van der Waals surface area (Å²) < 4.78 is 11.6. The van der Waals surface area contributed by atoms with Gasteiger partial charge >= 0.3 is 0 Å². The Labute approximate surface area is 127 Å². The van der Waals surface area contributed by atoms with Crippen molar-refractivity contribution in [3.05, 3.63) is 23.3 Å². The van der Waals surface area contributed by atoms with Crippen molar-refractivity contribution < 1.29 is 14.6 Å². The van der Waals surface area contributed by atoms with Gasteiger partial charge in [0.1, 0.15) is 17.6 Å². The van der Waals surface area contributed by atoms with Crippen molar-refractivity contribution in [2.24, 2.45) is 0 Å². The van der Waals surface area contributed by atoms with E-state index in [1.165, 1.54) is 5.56 Å². The number of hydrogen-bond acceptors (Lipinski definition) is 4. The summed E-state index contributed by atoms with van der Waals surface area (Å²) in [5, 5.41) is 12.2. The molecule has 0 aromatic heterocycles. The van der Waals surface area contributed by atoms with Crippen LogP contribution in [0.1, 0.15) is 44.2 Å². The average Bonchev–Trinajstić information content (AvgIpc) is 2.82. The molecule has 1 aromatic rings. The molecular weight excluding hydrogens is 266 g/mol. The van der Waals surface area contributed by atoms with Crippen LogP contribution in [0.25, 0.3) is 0 Å². The number of rotatable bonds is 9. The summed E-state index contributed by atoms with van der Waals surface area (Å²) in [7, 11) is 0. The first-order valence-electron chi connectivity index (χ1n) is 8.01. The smallest absolute Gasteiger partial charge is 0.124 e. The molecule has 4 heteroatoms. The number of benzene rings is 1. The lowest BCUT2D eigenvalue weighted by Gasteiger charge is -2.13. The zero-order valence-corrected chi connectivity index (χ0v) is 13.2. The third kappa shape index (κ3) is 4.61. The van der Waals surface area contributed by atoms with E-state index in [2.05, 4.69) is 24.4 Å². The third-order valence-electron chi connectivity index (χ3n) is 3.71. The lowest BCUT2D eigenvalue weighted by Crippen LogP contribution is -2.15. The van der Waals surface area contributed by atoms with Gasteiger partial charge in [0.2, 0.25) is 0 Å². The molecule has 118 valence electrons. The van der Waals surface area contributed by atoms with E-state index in [0.29, 0.717) is 6.61 Å². The monoisotopic (exact) mass is 293 g/mol. The Balaban J connectivity index is 1.93. The Morgan fingerprint density at radius 3 is 2.95 bits per heavy atom. The third-order valence-corrected chi connectivity index (χ3v) is 3.71. The van der Waals surface area contributed by atoms with Crippen LogP contribution in [0.15, 0.2) is 12.1 Å². The van der Waals surface area contributed by atoms with Gasteiger partial charge in [-0.25, -0.2) is 0 Å². The van der Waals surface area contributed by atoms with Gasteiger partial charge < -0.3 is 19.9 Å². The Bertz CT molecular complexity index is 448. The van der Waals surface area contributed by atoms with Crippen molar-refractivity contribution >= 4 is 0 Å². The Kier molecular flexibility index (Phi) is 6.33. The summed E-state index contributed by atoms with van der Waals surface area (Å²) in [6.07, 6.45) is 4.26. The molecule has 1 aliphatic rings. The maximum absolute atomic E-state index is 8.76. The standard InChI is InChI=1S/C17H27NO3/c1-3-20-16-10-14-9-13(2)21-17(14)11-15(16)12-18-7-5-4-6-8-19/h10-11,13,18-19H,3-9,12H2,1-2H3. The molecule has 21 heavy (non-hydrogen) atoms. The van der Waals surface area contributed by atoms with Crippen LogP contribution in [0.2, 0.25) is 0 Å². The number of unbranched alkanes of at least 4 members (excludes halogenated alkanes) is 2. The highest BCUT2D eigenvalue weighted by molar-refractivity contribution is 5.48. The van der Waals surface area contributed by atoms with Crippen molar-refractivity contribution in [1.29, 1.82) is 0 Å². The fourth-order valence-corrected chi connectivity index (χ4v) is 2.67. The molecule has 0 saturated carbocycles. The number of aliphatic hydroxyl groups is 1. The second-order valence-electron chi connectivity index (χ2n) is 5.59. The molecule has 2 rings (SSSR count). The number of nitrogens with one attached hydrogen (secondary N) is 1. The normalized spacial score (nSPS) is 16.6. The first-order chi connectivity index (χ1) is 10.2. The predicted molar refractivity (Wildman–Crippen MR) is 84.0 cm³/mol. The minimum atomic E-state index is 0.260. The van der Waals surface area contributed by atoms with E-state index in [-0.39, 0.29) is 12.7 Å². The molecular formula is C17H27NO3. The largest absolute Gasteiger partial charge is 0.494 e. The maximum Gasteiger partial charge on any atom is 0.124 e. The zero-order chi connectivity index (χ0) is 15.1.